The molecule has 0 aromatic carbocycles. The molecule has 0 bridgehead atoms. The Labute approximate surface area is 81.8 Å². The molecule has 0 aliphatic heterocycles. The monoisotopic (exact) mass is 198 g/mol. The summed E-state index contributed by atoms with van der Waals surface area (Å²) in [4.78, 5) is 10.8. The van der Waals surface area contributed by atoms with Crippen molar-refractivity contribution in [3.63, 3.8) is 0 Å². The van der Waals surface area contributed by atoms with E-state index in [-0.39, 0.29) is 12.3 Å². The molecule has 0 amide bonds. The van der Waals surface area contributed by atoms with Crippen LogP contribution in [0.3, 0.4) is 0 Å². The molecule has 14 heavy (non-hydrogen) atoms. The molecule has 1 heterocycles. The lowest BCUT2D eigenvalue weighted by atomic mass is 10.1. The summed E-state index contributed by atoms with van der Waals surface area (Å²) in [6.45, 7) is 1.58. The van der Waals surface area contributed by atoms with Gasteiger partial charge in [-0.15, -0.1) is 0 Å². The Balaban J connectivity index is 3.24. The number of hydrogen-bond donors (Lipinski definition) is 3. The molecule has 4 N–H and O–H groups in total. The van der Waals surface area contributed by atoms with Crippen LogP contribution < -0.4 is 5.73 Å². The van der Waals surface area contributed by atoms with Gasteiger partial charge in [-0.25, -0.2) is 4.79 Å². The van der Waals surface area contributed by atoms with Crippen molar-refractivity contribution in [1.82, 2.24) is 4.57 Å². The van der Waals surface area contributed by atoms with Crippen LogP contribution in [0.2, 0.25) is 0 Å². The van der Waals surface area contributed by atoms with Gasteiger partial charge in [0.25, 0.3) is 0 Å². The summed E-state index contributed by atoms with van der Waals surface area (Å²) in [6, 6.07) is 1.01. The van der Waals surface area contributed by atoms with E-state index >= 15 is 0 Å². The Morgan fingerprint density at radius 2 is 2.29 bits per heavy atom. The lowest BCUT2D eigenvalue weighted by molar-refractivity contribution is 0.0686. The van der Waals surface area contributed by atoms with Gasteiger partial charge in [-0.3, -0.25) is 0 Å². The van der Waals surface area contributed by atoms with Crippen LogP contribution >= 0.6 is 0 Å². The third-order valence-electron chi connectivity index (χ3n) is 2.25. The molecule has 0 spiro atoms. The third-order valence-corrected chi connectivity index (χ3v) is 2.25. The van der Waals surface area contributed by atoms with Gasteiger partial charge in [-0.2, -0.15) is 0 Å². The van der Waals surface area contributed by atoms with Crippen LogP contribution in [0.5, 0.6) is 0 Å². The largest absolute Gasteiger partial charge is 0.477 e. The lowest BCUT2D eigenvalue weighted by Crippen LogP contribution is -2.20. The fraction of sp³-hybridized carbons (Fsp3) is 0.444. The molecule has 5 nitrogen and oxygen atoms in total. The molecule has 78 valence electrons. The zero-order chi connectivity index (χ0) is 10.9. The second-order valence-electron chi connectivity index (χ2n) is 3.25. The summed E-state index contributed by atoms with van der Waals surface area (Å²) in [5.41, 5.74) is 7.27. The van der Waals surface area contributed by atoms with E-state index < -0.39 is 12.0 Å². The molecule has 0 aliphatic rings. The van der Waals surface area contributed by atoms with E-state index in [0.29, 0.717) is 5.69 Å². The van der Waals surface area contributed by atoms with Crippen molar-refractivity contribution in [3.05, 3.63) is 23.0 Å². The van der Waals surface area contributed by atoms with Crippen LogP contribution in [0.4, 0.5) is 0 Å². The van der Waals surface area contributed by atoms with Crippen molar-refractivity contribution in [2.45, 2.75) is 13.0 Å². The number of aliphatic hydroxyl groups excluding tert-OH is 1. The molecule has 5 heteroatoms. The fourth-order valence-corrected chi connectivity index (χ4v) is 1.60. The molecule has 0 fully saturated rings. The molecule has 0 radical (unpaired) electrons. The van der Waals surface area contributed by atoms with E-state index in [0.717, 1.165) is 5.56 Å². The van der Waals surface area contributed by atoms with Gasteiger partial charge >= 0.3 is 5.97 Å². The summed E-state index contributed by atoms with van der Waals surface area (Å²) in [5, 5.41) is 17.7. The van der Waals surface area contributed by atoms with Gasteiger partial charge in [0, 0.05) is 12.7 Å². The second kappa shape index (κ2) is 3.81. The van der Waals surface area contributed by atoms with E-state index in [1.807, 2.05) is 0 Å². The summed E-state index contributed by atoms with van der Waals surface area (Å²) in [6.07, 6.45) is 0. The highest BCUT2D eigenvalue weighted by atomic mass is 16.4. The van der Waals surface area contributed by atoms with Gasteiger partial charge in [0.15, 0.2) is 0 Å². The van der Waals surface area contributed by atoms with Gasteiger partial charge < -0.3 is 20.5 Å². The van der Waals surface area contributed by atoms with Crippen molar-refractivity contribution in [2.24, 2.45) is 12.8 Å². The lowest BCUT2D eigenvalue weighted by Gasteiger charge is -2.12. The minimum Gasteiger partial charge on any atom is -0.477 e. The van der Waals surface area contributed by atoms with Crippen molar-refractivity contribution in [2.75, 3.05) is 6.61 Å². The number of aromatic carboxylic acids is 1. The van der Waals surface area contributed by atoms with Crippen LogP contribution in [0.1, 0.15) is 27.8 Å². The normalized spacial score (nSPS) is 12.9. The molecule has 0 aliphatic carbocycles. The molecular weight excluding hydrogens is 184 g/mol. The Morgan fingerprint density at radius 1 is 1.71 bits per heavy atom. The van der Waals surface area contributed by atoms with Crippen LogP contribution in [0, 0.1) is 6.92 Å². The van der Waals surface area contributed by atoms with Gasteiger partial charge in [-0.05, 0) is 18.6 Å². The van der Waals surface area contributed by atoms with Crippen LogP contribution in [-0.2, 0) is 7.05 Å². The van der Waals surface area contributed by atoms with Crippen molar-refractivity contribution < 1.29 is 15.0 Å². The third kappa shape index (κ3) is 1.64. The smallest absolute Gasteiger partial charge is 0.352 e. The molecule has 0 saturated carbocycles. The van der Waals surface area contributed by atoms with Gasteiger partial charge in [-0.1, -0.05) is 0 Å². The number of hydrogen-bond acceptors (Lipinski definition) is 3. The molecule has 1 unspecified atom stereocenters. The molecule has 1 aromatic heterocycles. The molecule has 1 atom stereocenters. The number of rotatable bonds is 3. The predicted molar refractivity (Wildman–Crippen MR) is 51.1 cm³/mol. The zero-order valence-corrected chi connectivity index (χ0v) is 8.19. The van der Waals surface area contributed by atoms with Crippen molar-refractivity contribution >= 4 is 5.97 Å². The highest BCUT2D eigenvalue weighted by Crippen LogP contribution is 2.19. The maximum absolute atomic E-state index is 10.8. The summed E-state index contributed by atoms with van der Waals surface area (Å²) < 4.78 is 1.50. The number of carboxylic acids is 1. The Hall–Kier alpha value is -1.33. The molecule has 1 aromatic rings. The highest BCUT2D eigenvalue weighted by molar-refractivity contribution is 5.86. The Bertz CT molecular complexity index is 357. The van der Waals surface area contributed by atoms with Gasteiger partial charge in [0.2, 0.25) is 0 Å². The highest BCUT2D eigenvalue weighted by Gasteiger charge is 2.18. The maximum Gasteiger partial charge on any atom is 0.352 e. The molecule has 0 saturated heterocycles. The van der Waals surface area contributed by atoms with E-state index in [1.165, 1.54) is 4.57 Å². The average molecular weight is 198 g/mol. The Kier molecular flexibility index (Phi) is 2.93. The number of aliphatic hydroxyl groups is 1. The number of aromatic nitrogens is 1. The predicted octanol–water partition coefficient (Wildman–Crippen LogP) is 0.0238. The SMILES string of the molecule is Cc1cc(C(=O)O)n(C)c1C(N)CO. The van der Waals surface area contributed by atoms with Crippen molar-refractivity contribution in [1.29, 1.82) is 0 Å². The Morgan fingerprint density at radius 3 is 2.64 bits per heavy atom. The first-order chi connectivity index (χ1) is 6.49. The van der Waals surface area contributed by atoms with Crippen LogP contribution in [0.25, 0.3) is 0 Å². The minimum atomic E-state index is -0.994. The van der Waals surface area contributed by atoms with E-state index in [4.69, 9.17) is 15.9 Å². The standard InChI is InChI=1S/C9H14N2O3/c1-5-3-7(9(13)14)11(2)8(5)6(10)4-12/h3,6,12H,4,10H2,1-2H3,(H,13,14). The van der Waals surface area contributed by atoms with E-state index in [2.05, 4.69) is 0 Å². The second-order valence-corrected chi connectivity index (χ2v) is 3.25. The topological polar surface area (TPSA) is 88.5 Å². The summed E-state index contributed by atoms with van der Waals surface area (Å²) in [7, 11) is 1.63. The zero-order valence-electron chi connectivity index (χ0n) is 8.19. The van der Waals surface area contributed by atoms with Crippen LogP contribution in [-0.4, -0.2) is 27.4 Å². The van der Waals surface area contributed by atoms with Crippen LogP contribution in [0.15, 0.2) is 6.07 Å². The average Bonchev–Trinajstić information content (AvgIpc) is 2.41. The number of aryl methyl sites for hydroxylation is 1. The minimum absolute atomic E-state index is 0.182. The van der Waals surface area contributed by atoms with E-state index in [9.17, 15) is 4.79 Å². The summed E-state index contributed by atoms with van der Waals surface area (Å²) in [5.74, 6) is -0.994. The summed E-state index contributed by atoms with van der Waals surface area (Å²) >= 11 is 0. The fourth-order valence-electron chi connectivity index (χ4n) is 1.60. The first kappa shape index (κ1) is 10.7. The quantitative estimate of drug-likeness (QED) is 0.639. The molecule has 1 rings (SSSR count). The first-order valence-corrected chi connectivity index (χ1v) is 4.25. The number of carbonyl (C=O) groups is 1. The number of nitrogens with zero attached hydrogens (tertiary/aromatic N) is 1. The van der Waals surface area contributed by atoms with Gasteiger partial charge in [0.05, 0.1) is 12.6 Å². The number of nitrogens with two attached hydrogens (primary N) is 1. The van der Waals surface area contributed by atoms with E-state index in [1.54, 1.807) is 20.0 Å². The molecular formula is C9H14N2O3. The van der Waals surface area contributed by atoms with Crippen molar-refractivity contribution in [3.8, 4) is 0 Å². The number of carboxylic acid groups (broad SMARTS) is 1. The maximum atomic E-state index is 10.8. The van der Waals surface area contributed by atoms with Gasteiger partial charge in [0.1, 0.15) is 5.69 Å². The first-order valence-electron chi connectivity index (χ1n) is 4.25.